The summed E-state index contributed by atoms with van der Waals surface area (Å²) in [7, 11) is 1.99. The second-order valence-electron chi connectivity index (χ2n) is 10.9. The summed E-state index contributed by atoms with van der Waals surface area (Å²) in [6, 6.07) is 15.4. The van der Waals surface area contributed by atoms with E-state index in [0.717, 1.165) is 35.1 Å². The molecule has 1 saturated heterocycles. The fourth-order valence-electron chi connectivity index (χ4n) is 4.94. The zero-order valence-electron chi connectivity index (χ0n) is 22.9. The summed E-state index contributed by atoms with van der Waals surface area (Å²) in [6.45, 7) is 6.84. The van der Waals surface area contributed by atoms with Gasteiger partial charge < -0.3 is 30.3 Å². The lowest BCUT2D eigenvalue weighted by molar-refractivity contribution is 0.0200. The van der Waals surface area contributed by atoms with Crippen LogP contribution in [0.15, 0.2) is 72.0 Å². The number of benzene rings is 2. The molecule has 0 bridgehead atoms. The Morgan fingerprint density at radius 2 is 1.92 bits per heavy atom. The monoisotopic (exact) mass is 528 g/mol. The number of piperidine rings is 1. The van der Waals surface area contributed by atoms with Crippen molar-refractivity contribution in [1.82, 2.24) is 20.1 Å². The van der Waals surface area contributed by atoms with Crippen molar-refractivity contribution in [1.29, 1.82) is 0 Å². The molecule has 2 aliphatic heterocycles. The van der Waals surface area contributed by atoms with Crippen LogP contribution in [-0.2, 0) is 4.74 Å². The van der Waals surface area contributed by atoms with Crippen molar-refractivity contribution in [3.63, 3.8) is 0 Å². The van der Waals surface area contributed by atoms with Gasteiger partial charge in [-0.3, -0.25) is 0 Å². The van der Waals surface area contributed by atoms with Crippen molar-refractivity contribution < 1.29 is 14.3 Å². The molecule has 2 unspecified atom stereocenters. The molecule has 2 aromatic carbocycles. The number of nitrogens with two attached hydrogens (primary N) is 1. The normalized spacial score (nSPS) is 20.7. The number of nitrogen functional groups attached to an aromatic ring is 1. The highest BCUT2D eigenvalue weighted by Crippen LogP contribution is 2.36. The Hall–Kier alpha value is -4.27. The van der Waals surface area contributed by atoms with E-state index in [2.05, 4.69) is 21.3 Å². The van der Waals surface area contributed by atoms with Gasteiger partial charge in [0, 0.05) is 54.6 Å². The van der Waals surface area contributed by atoms with Crippen molar-refractivity contribution in [2.24, 2.45) is 4.99 Å². The summed E-state index contributed by atoms with van der Waals surface area (Å²) in [4.78, 5) is 26.0. The topological polar surface area (TPSA) is 105 Å². The van der Waals surface area contributed by atoms with Crippen LogP contribution in [0.4, 0.5) is 10.5 Å². The summed E-state index contributed by atoms with van der Waals surface area (Å²) in [5.74, 6) is 1.94. The van der Waals surface area contributed by atoms with Crippen molar-refractivity contribution in [2.75, 3.05) is 25.9 Å². The zero-order chi connectivity index (χ0) is 27.6. The van der Waals surface area contributed by atoms with E-state index in [1.807, 2.05) is 82.5 Å². The lowest BCUT2D eigenvalue weighted by atomic mass is 10.1. The summed E-state index contributed by atoms with van der Waals surface area (Å²) < 4.78 is 12.0. The van der Waals surface area contributed by atoms with Gasteiger partial charge in [-0.15, -0.1) is 0 Å². The second kappa shape index (κ2) is 10.8. The maximum atomic E-state index is 12.6. The fraction of sp³-hybridized carbons (Fsp3) is 0.367. The van der Waals surface area contributed by atoms with Crippen LogP contribution < -0.4 is 15.8 Å². The van der Waals surface area contributed by atoms with Crippen LogP contribution in [0.3, 0.4) is 0 Å². The molecule has 3 N–H and O–H groups in total. The van der Waals surface area contributed by atoms with Gasteiger partial charge in [0.2, 0.25) is 5.88 Å². The predicted molar refractivity (Wildman–Crippen MR) is 154 cm³/mol. The highest BCUT2D eigenvalue weighted by Gasteiger charge is 2.30. The molecule has 0 aliphatic carbocycles. The second-order valence-corrected chi connectivity index (χ2v) is 10.9. The molecular formula is C30H36N6O3. The maximum Gasteiger partial charge on any atom is 0.410 e. The van der Waals surface area contributed by atoms with Gasteiger partial charge in [0.25, 0.3) is 0 Å². The van der Waals surface area contributed by atoms with Crippen LogP contribution in [-0.4, -0.2) is 58.6 Å². The molecule has 1 aromatic heterocycles. The molecule has 2 atom stereocenters. The Bertz CT molecular complexity index is 1410. The number of fused-ring (bicyclic) bond motifs is 1. The van der Waals surface area contributed by atoms with Crippen LogP contribution in [0.1, 0.15) is 45.2 Å². The van der Waals surface area contributed by atoms with E-state index in [1.165, 1.54) is 0 Å². The van der Waals surface area contributed by atoms with E-state index in [-0.39, 0.29) is 18.2 Å². The van der Waals surface area contributed by atoms with Gasteiger partial charge in [0.1, 0.15) is 11.4 Å². The van der Waals surface area contributed by atoms with Crippen LogP contribution >= 0.6 is 0 Å². The molecule has 5 rings (SSSR count). The van der Waals surface area contributed by atoms with Crippen molar-refractivity contribution >= 4 is 28.5 Å². The molecule has 39 heavy (non-hydrogen) atoms. The zero-order valence-corrected chi connectivity index (χ0v) is 22.9. The highest BCUT2D eigenvalue weighted by atomic mass is 16.6. The number of ether oxygens (including phenoxy) is 2. The van der Waals surface area contributed by atoms with Gasteiger partial charge in [-0.1, -0.05) is 24.3 Å². The van der Waals surface area contributed by atoms with Gasteiger partial charge in [-0.2, -0.15) is 0 Å². The number of hydrogen-bond acceptors (Lipinski definition) is 6. The molecule has 0 saturated carbocycles. The number of carbonyl (C=O) groups is 1. The predicted octanol–water partition coefficient (Wildman–Crippen LogP) is 5.45. The molecule has 9 nitrogen and oxygen atoms in total. The average Bonchev–Trinajstić information content (AvgIpc) is 2.91. The molecule has 0 spiro atoms. The van der Waals surface area contributed by atoms with E-state index in [1.54, 1.807) is 11.1 Å². The first kappa shape index (κ1) is 26.3. The number of aromatic nitrogens is 1. The number of nitrogens with zero attached hydrogens (tertiary/aromatic N) is 4. The van der Waals surface area contributed by atoms with E-state index in [4.69, 9.17) is 20.2 Å². The number of aliphatic imine (C=N–C) groups is 1. The third kappa shape index (κ3) is 5.92. The number of nitrogens with one attached hydrogen (secondary N) is 1. The number of carbonyl (C=O) groups excluding carboxylic acids is 1. The molecule has 2 aliphatic rings. The third-order valence-corrected chi connectivity index (χ3v) is 6.84. The van der Waals surface area contributed by atoms with E-state index >= 15 is 0 Å². The summed E-state index contributed by atoms with van der Waals surface area (Å²) in [5, 5.41) is 5.15. The van der Waals surface area contributed by atoms with Gasteiger partial charge in [0.15, 0.2) is 5.96 Å². The number of anilines is 1. The Labute approximate surface area is 229 Å². The molecule has 3 aromatic rings. The molecule has 204 valence electrons. The van der Waals surface area contributed by atoms with Crippen LogP contribution in [0.2, 0.25) is 0 Å². The molecule has 0 radical (unpaired) electrons. The van der Waals surface area contributed by atoms with Crippen molar-refractivity contribution in [2.45, 2.75) is 51.3 Å². The van der Waals surface area contributed by atoms with Crippen LogP contribution in [0.25, 0.3) is 10.8 Å². The van der Waals surface area contributed by atoms with Crippen molar-refractivity contribution in [3.05, 3.63) is 72.6 Å². The van der Waals surface area contributed by atoms with Crippen molar-refractivity contribution in [3.8, 4) is 11.6 Å². The van der Waals surface area contributed by atoms with Crippen LogP contribution in [0.5, 0.6) is 11.6 Å². The standard InChI is InChI=1S/C30H36N6O3/c1-30(2,3)39-29(37)36-18-8-9-20(19-36)34-28-33-17-15-25(35(28)4)23-12-7-16-32-27(23)38-26-14-13-24(31)21-10-5-6-11-22(21)26/h5-7,10-17,20,25H,8-9,18-19,31H2,1-4H3,(H,33,34). The summed E-state index contributed by atoms with van der Waals surface area (Å²) in [5.41, 5.74) is 7.28. The lowest BCUT2D eigenvalue weighted by Crippen LogP contribution is -2.46. The quantitative estimate of drug-likeness (QED) is 0.434. The number of likely N-dealkylation sites (tertiary alicyclic amines) is 1. The fourth-order valence-corrected chi connectivity index (χ4v) is 4.94. The van der Waals surface area contributed by atoms with Gasteiger partial charge in [0.05, 0.1) is 12.1 Å². The van der Waals surface area contributed by atoms with Gasteiger partial charge in [-0.25, -0.2) is 14.8 Å². The Kier molecular flexibility index (Phi) is 7.32. The van der Waals surface area contributed by atoms with Gasteiger partial charge >= 0.3 is 6.09 Å². The smallest absolute Gasteiger partial charge is 0.410 e. The average molecular weight is 529 g/mol. The molecule has 9 heteroatoms. The minimum atomic E-state index is -0.527. The largest absolute Gasteiger partial charge is 0.444 e. The first-order valence-corrected chi connectivity index (χ1v) is 13.3. The number of pyridine rings is 1. The molecule has 3 heterocycles. The number of rotatable bonds is 4. The minimum absolute atomic E-state index is 0.0332. The van der Waals surface area contributed by atoms with E-state index in [0.29, 0.717) is 30.4 Å². The molecule has 1 fully saturated rings. The molecule has 1 amide bonds. The van der Waals surface area contributed by atoms with Gasteiger partial charge in [-0.05, 0) is 64.0 Å². The van der Waals surface area contributed by atoms with E-state index < -0.39 is 5.60 Å². The SMILES string of the molecule is CN1C(=NC2CCCN(C(=O)OC(C)(C)C)C2)NC=CC1c1cccnc1Oc1ccc(N)c2ccccc12. The first-order valence-electron chi connectivity index (χ1n) is 13.3. The first-order chi connectivity index (χ1) is 18.7. The van der Waals surface area contributed by atoms with Crippen LogP contribution in [0, 0.1) is 0 Å². The summed E-state index contributed by atoms with van der Waals surface area (Å²) >= 11 is 0. The molecular weight excluding hydrogens is 492 g/mol. The summed E-state index contributed by atoms with van der Waals surface area (Å²) in [6.07, 6.45) is 7.16. The van der Waals surface area contributed by atoms with E-state index in [9.17, 15) is 4.79 Å². The number of guanidine groups is 1. The number of likely N-dealkylation sites (N-methyl/N-ethyl adjacent to an activating group) is 1. The number of amides is 1. The Morgan fingerprint density at radius 1 is 1.13 bits per heavy atom. The lowest BCUT2D eigenvalue weighted by Gasteiger charge is -2.36. The highest BCUT2D eigenvalue weighted by molar-refractivity contribution is 5.97. The Morgan fingerprint density at radius 3 is 2.72 bits per heavy atom. The number of hydrogen-bond donors (Lipinski definition) is 2. The third-order valence-electron chi connectivity index (χ3n) is 6.84. The minimum Gasteiger partial charge on any atom is -0.444 e. The Balaban J connectivity index is 1.36. The maximum absolute atomic E-state index is 12.6.